The normalized spacial score (nSPS) is 21.8. The van der Waals surface area contributed by atoms with Gasteiger partial charge in [-0.15, -0.1) is 11.8 Å². The molecule has 1 aromatic carbocycles. The summed E-state index contributed by atoms with van der Waals surface area (Å²) in [5.74, 6) is 0.0803. The molecule has 1 saturated carbocycles. The number of carbonyl (C=O) groups excluding carboxylic acids is 2. The summed E-state index contributed by atoms with van der Waals surface area (Å²) in [4.78, 5) is 25.2. The predicted molar refractivity (Wildman–Crippen MR) is 95.8 cm³/mol. The first-order valence-electron chi connectivity index (χ1n) is 7.67. The molecule has 0 radical (unpaired) electrons. The number of Topliss-reactive ketones (excluding diaryl/α,β-unsaturated/α-hetero) is 1. The Balaban J connectivity index is 1.84. The van der Waals surface area contributed by atoms with Gasteiger partial charge in [0.25, 0.3) is 0 Å². The van der Waals surface area contributed by atoms with E-state index in [-0.39, 0.29) is 11.0 Å². The average molecular weight is 400 g/mol. The molecule has 0 aromatic heterocycles. The summed E-state index contributed by atoms with van der Waals surface area (Å²) in [6.45, 7) is 5.42. The first-order chi connectivity index (χ1) is 10.7. The highest BCUT2D eigenvalue weighted by Crippen LogP contribution is 2.33. The minimum atomic E-state index is -0.554. The molecular weight excluding hydrogens is 378 g/mol. The molecule has 0 saturated heterocycles. The van der Waals surface area contributed by atoms with Crippen molar-refractivity contribution in [3.05, 3.63) is 28.7 Å². The van der Waals surface area contributed by atoms with Gasteiger partial charge in [0, 0.05) is 21.0 Å². The number of carbonyl (C=O) groups is 2. The van der Waals surface area contributed by atoms with E-state index in [0.29, 0.717) is 12.8 Å². The monoisotopic (exact) mass is 399 g/mol. The molecule has 1 amide bonds. The van der Waals surface area contributed by atoms with E-state index in [2.05, 4.69) is 21.2 Å². The summed E-state index contributed by atoms with van der Waals surface area (Å²) in [6, 6.07) is 7.67. The van der Waals surface area contributed by atoms with Gasteiger partial charge >= 0.3 is 6.09 Å². The fourth-order valence-electron chi connectivity index (χ4n) is 2.39. The van der Waals surface area contributed by atoms with Gasteiger partial charge in [0.05, 0.1) is 6.04 Å². The zero-order valence-electron chi connectivity index (χ0n) is 13.6. The van der Waals surface area contributed by atoms with E-state index in [9.17, 15) is 9.59 Å². The fraction of sp³-hybridized carbons (Fsp3) is 0.529. The number of alkyl carbamates (subject to hydrolysis) is 1. The van der Waals surface area contributed by atoms with Crippen LogP contribution in [0.5, 0.6) is 0 Å². The maximum Gasteiger partial charge on any atom is 0.408 e. The molecule has 126 valence electrons. The summed E-state index contributed by atoms with van der Waals surface area (Å²) in [5, 5.41) is 2.96. The highest BCUT2D eigenvalue weighted by atomic mass is 79.9. The van der Waals surface area contributed by atoms with Gasteiger partial charge in [-0.05, 0) is 57.9 Å². The fourth-order valence-corrected chi connectivity index (χ4v) is 3.83. The van der Waals surface area contributed by atoms with E-state index < -0.39 is 17.7 Å². The topological polar surface area (TPSA) is 55.4 Å². The average Bonchev–Trinajstić information content (AvgIpc) is 2.42. The van der Waals surface area contributed by atoms with Crippen molar-refractivity contribution in [1.29, 1.82) is 0 Å². The maximum atomic E-state index is 12.3. The lowest BCUT2D eigenvalue weighted by molar-refractivity contribution is -0.122. The molecular formula is C17H22BrNO3S. The van der Waals surface area contributed by atoms with Crippen LogP contribution < -0.4 is 5.32 Å². The number of ether oxygens (including phenoxy) is 1. The van der Waals surface area contributed by atoms with E-state index in [0.717, 1.165) is 15.8 Å². The van der Waals surface area contributed by atoms with Crippen molar-refractivity contribution in [3.8, 4) is 0 Å². The Bertz CT molecular complexity index is 568. The zero-order valence-corrected chi connectivity index (χ0v) is 16.0. The summed E-state index contributed by atoms with van der Waals surface area (Å²) in [5.41, 5.74) is -0.554. The molecule has 1 N–H and O–H groups in total. The third kappa shape index (κ3) is 6.18. The molecule has 1 fully saturated rings. The second kappa shape index (κ2) is 7.71. The van der Waals surface area contributed by atoms with Crippen molar-refractivity contribution in [3.63, 3.8) is 0 Å². The number of halogens is 1. The predicted octanol–water partition coefficient (Wildman–Crippen LogP) is 4.56. The second-order valence-corrected chi connectivity index (χ2v) is 8.93. The van der Waals surface area contributed by atoms with Crippen molar-refractivity contribution in [2.75, 3.05) is 0 Å². The molecule has 0 spiro atoms. The van der Waals surface area contributed by atoms with E-state index in [1.54, 1.807) is 32.5 Å². The Labute approximate surface area is 149 Å². The molecule has 2 atom stereocenters. The van der Waals surface area contributed by atoms with Gasteiger partial charge in [-0.2, -0.15) is 0 Å². The van der Waals surface area contributed by atoms with Crippen LogP contribution in [0.25, 0.3) is 0 Å². The number of hydrogen-bond acceptors (Lipinski definition) is 4. The van der Waals surface area contributed by atoms with Crippen LogP contribution in [0, 0.1) is 0 Å². The molecule has 4 nitrogen and oxygen atoms in total. The summed E-state index contributed by atoms with van der Waals surface area (Å²) in [6.07, 6.45) is 1.51. The Morgan fingerprint density at radius 2 is 1.91 bits per heavy atom. The first-order valence-corrected chi connectivity index (χ1v) is 9.34. The Morgan fingerprint density at radius 3 is 2.48 bits per heavy atom. The van der Waals surface area contributed by atoms with Crippen LogP contribution in [0.15, 0.2) is 33.6 Å². The van der Waals surface area contributed by atoms with E-state index in [1.807, 2.05) is 24.3 Å². The van der Waals surface area contributed by atoms with Crippen LogP contribution in [0.4, 0.5) is 4.79 Å². The minimum absolute atomic E-state index is 0.0803. The van der Waals surface area contributed by atoms with Crippen molar-refractivity contribution < 1.29 is 14.3 Å². The molecule has 1 aromatic rings. The number of nitrogens with one attached hydrogen (secondary N) is 1. The molecule has 1 aliphatic carbocycles. The molecule has 6 heteroatoms. The smallest absolute Gasteiger partial charge is 0.408 e. The molecule has 0 bridgehead atoms. The number of rotatable bonds is 3. The summed E-state index contributed by atoms with van der Waals surface area (Å²) >= 11 is 5.14. The third-order valence-corrected chi connectivity index (χ3v) is 5.21. The van der Waals surface area contributed by atoms with Crippen LogP contribution >= 0.6 is 27.7 Å². The maximum absolute atomic E-state index is 12.3. The Morgan fingerprint density at radius 1 is 1.26 bits per heavy atom. The van der Waals surface area contributed by atoms with Gasteiger partial charge in [0.1, 0.15) is 5.60 Å². The molecule has 23 heavy (non-hydrogen) atoms. The summed E-state index contributed by atoms with van der Waals surface area (Å²) < 4.78 is 6.26. The highest BCUT2D eigenvalue weighted by molar-refractivity contribution is 9.10. The zero-order chi connectivity index (χ0) is 17.0. The molecule has 0 unspecified atom stereocenters. The van der Waals surface area contributed by atoms with Gasteiger partial charge in [0.2, 0.25) is 0 Å². The van der Waals surface area contributed by atoms with Crippen LogP contribution in [-0.4, -0.2) is 28.8 Å². The largest absolute Gasteiger partial charge is 0.444 e. The lowest BCUT2D eigenvalue weighted by Crippen LogP contribution is -2.46. The van der Waals surface area contributed by atoms with Crippen molar-refractivity contribution in [2.45, 2.75) is 61.8 Å². The molecule has 2 rings (SSSR count). The van der Waals surface area contributed by atoms with Crippen LogP contribution in [0.3, 0.4) is 0 Å². The van der Waals surface area contributed by atoms with E-state index in [1.165, 1.54) is 0 Å². The highest BCUT2D eigenvalue weighted by Gasteiger charge is 2.31. The third-order valence-electron chi connectivity index (χ3n) is 3.40. The quantitative estimate of drug-likeness (QED) is 0.809. The van der Waals surface area contributed by atoms with Crippen molar-refractivity contribution in [2.24, 2.45) is 0 Å². The molecule has 0 aliphatic heterocycles. The van der Waals surface area contributed by atoms with Gasteiger partial charge < -0.3 is 10.1 Å². The van der Waals surface area contributed by atoms with Gasteiger partial charge in [-0.1, -0.05) is 15.9 Å². The molecule has 1 aliphatic rings. The van der Waals surface area contributed by atoms with Crippen LogP contribution in [0.1, 0.15) is 40.0 Å². The van der Waals surface area contributed by atoms with E-state index >= 15 is 0 Å². The van der Waals surface area contributed by atoms with Gasteiger partial charge in [-0.25, -0.2) is 4.79 Å². The van der Waals surface area contributed by atoms with Crippen LogP contribution in [0.2, 0.25) is 0 Å². The standard InChI is InChI=1S/C17H22BrNO3S/c1-17(2,3)22-16(21)19-14-9-8-13(10-15(14)20)23-12-6-4-11(18)5-7-12/h4-7,13-14H,8-10H2,1-3H3,(H,19,21)/t13-,14-/m1/s1. The second-order valence-electron chi connectivity index (χ2n) is 6.64. The lowest BCUT2D eigenvalue weighted by atomic mass is 9.94. The number of amides is 1. The number of benzene rings is 1. The Kier molecular flexibility index (Phi) is 6.14. The van der Waals surface area contributed by atoms with Crippen molar-refractivity contribution in [1.82, 2.24) is 5.32 Å². The summed E-state index contributed by atoms with van der Waals surface area (Å²) in [7, 11) is 0. The minimum Gasteiger partial charge on any atom is -0.444 e. The number of hydrogen-bond donors (Lipinski definition) is 1. The Hall–Kier alpha value is -1.01. The van der Waals surface area contributed by atoms with Crippen molar-refractivity contribution >= 4 is 39.6 Å². The van der Waals surface area contributed by atoms with Gasteiger partial charge in [0.15, 0.2) is 5.78 Å². The van der Waals surface area contributed by atoms with Gasteiger partial charge in [-0.3, -0.25) is 4.79 Å². The van der Waals surface area contributed by atoms with E-state index in [4.69, 9.17) is 4.74 Å². The van der Waals surface area contributed by atoms with Crippen LogP contribution in [-0.2, 0) is 9.53 Å². The first kappa shape index (κ1) is 18.3. The SMILES string of the molecule is CC(C)(C)OC(=O)N[C@@H]1CC[C@@H](Sc2ccc(Br)cc2)CC1=O. The number of ketones is 1. The molecule has 0 heterocycles. The lowest BCUT2D eigenvalue weighted by Gasteiger charge is -2.28. The number of thioether (sulfide) groups is 1.